The Bertz CT molecular complexity index is 1440. The van der Waals surface area contributed by atoms with Gasteiger partial charge in [-0.3, -0.25) is 9.52 Å². The standard InChI is InChI=1S/C24H24ClN5O3S2/c1-17(30-11-9-18-3-2-4-21(25)22(18)30)23(31)29-14-12-28(13-15-29)19-5-7-20(8-6-19)35(32,33)27-24-26-10-16-34-24/h2-11,16-17H,12-15H2,1H3,(H,26,27). The molecule has 1 aliphatic rings. The number of sulfonamides is 1. The first-order valence-corrected chi connectivity index (χ1v) is 13.9. The maximum atomic E-state index is 13.2. The summed E-state index contributed by atoms with van der Waals surface area (Å²) in [5, 5.41) is 3.68. The summed E-state index contributed by atoms with van der Waals surface area (Å²) >= 11 is 7.63. The summed E-state index contributed by atoms with van der Waals surface area (Å²) in [6.45, 7) is 4.39. The minimum Gasteiger partial charge on any atom is -0.368 e. The molecule has 1 atom stereocenters. The molecule has 1 N–H and O–H groups in total. The molecule has 35 heavy (non-hydrogen) atoms. The normalized spacial score (nSPS) is 15.4. The predicted molar refractivity (Wildman–Crippen MR) is 140 cm³/mol. The van der Waals surface area contributed by atoms with Crippen LogP contribution < -0.4 is 9.62 Å². The lowest BCUT2D eigenvalue weighted by atomic mass is 10.2. The van der Waals surface area contributed by atoms with E-state index in [1.165, 1.54) is 11.3 Å². The van der Waals surface area contributed by atoms with Crippen LogP contribution in [-0.4, -0.2) is 55.0 Å². The van der Waals surface area contributed by atoms with E-state index in [1.54, 1.807) is 35.8 Å². The number of amides is 1. The van der Waals surface area contributed by atoms with Crippen molar-refractivity contribution in [1.82, 2.24) is 14.5 Å². The van der Waals surface area contributed by atoms with Crippen molar-refractivity contribution in [2.24, 2.45) is 0 Å². The second kappa shape index (κ2) is 9.52. The van der Waals surface area contributed by atoms with E-state index in [9.17, 15) is 13.2 Å². The van der Waals surface area contributed by atoms with Crippen molar-refractivity contribution in [2.75, 3.05) is 35.8 Å². The number of piperazine rings is 1. The number of aromatic nitrogens is 2. The molecule has 4 aromatic rings. The lowest BCUT2D eigenvalue weighted by Crippen LogP contribution is -2.50. The molecule has 1 amide bonds. The summed E-state index contributed by atoms with van der Waals surface area (Å²) in [4.78, 5) is 21.4. The summed E-state index contributed by atoms with van der Waals surface area (Å²) in [6, 6.07) is 14.1. The van der Waals surface area contributed by atoms with E-state index in [1.807, 2.05) is 46.9 Å². The smallest absolute Gasteiger partial charge is 0.263 e. The summed E-state index contributed by atoms with van der Waals surface area (Å²) in [6.07, 6.45) is 3.46. The monoisotopic (exact) mass is 529 g/mol. The van der Waals surface area contributed by atoms with Gasteiger partial charge in [-0.15, -0.1) is 11.3 Å². The molecule has 0 bridgehead atoms. The predicted octanol–water partition coefficient (Wildman–Crippen LogP) is 4.46. The van der Waals surface area contributed by atoms with Crippen molar-refractivity contribution < 1.29 is 13.2 Å². The fourth-order valence-electron chi connectivity index (χ4n) is 4.35. The maximum absolute atomic E-state index is 13.2. The minimum absolute atomic E-state index is 0.0526. The Morgan fingerprint density at radius 2 is 1.83 bits per heavy atom. The number of halogens is 1. The van der Waals surface area contributed by atoms with Crippen LogP contribution in [0, 0.1) is 0 Å². The molecule has 11 heteroatoms. The van der Waals surface area contributed by atoms with Crippen LogP contribution in [0.1, 0.15) is 13.0 Å². The molecule has 0 spiro atoms. The largest absolute Gasteiger partial charge is 0.368 e. The summed E-state index contributed by atoms with van der Waals surface area (Å²) in [5.41, 5.74) is 1.79. The minimum atomic E-state index is -3.69. The topological polar surface area (TPSA) is 87.5 Å². The number of benzene rings is 2. The van der Waals surface area contributed by atoms with Gasteiger partial charge in [-0.2, -0.15) is 0 Å². The van der Waals surface area contributed by atoms with Gasteiger partial charge in [-0.25, -0.2) is 13.4 Å². The first-order valence-electron chi connectivity index (χ1n) is 11.1. The highest BCUT2D eigenvalue weighted by molar-refractivity contribution is 7.93. The highest BCUT2D eigenvalue weighted by atomic mass is 35.5. The Labute approximate surface area is 212 Å². The first-order chi connectivity index (χ1) is 16.8. The van der Waals surface area contributed by atoms with Gasteiger partial charge in [-0.1, -0.05) is 23.7 Å². The lowest BCUT2D eigenvalue weighted by molar-refractivity contribution is -0.134. The van der Waals surface area contributed by atoms with Gasteiger partial charge in [0.1, 0.15) is 6.04 Å². The first kappa shape index (κ1) is 23.7. The Morgan fingerprint density at radius 1 is 1.09 bits per heavy atom. The van der Waals surface area contributed by atoms with Gasteiger partial charge >= 0.3 is 0 Å². The maximum Gasteiger partial charge on any atom is 0.263 e. The fraction of sp³-hybridized carbons (Fsp3) is 0.250. The van der Waals surface area contributed by atoms with Crippen LogP contribution >= 0.6 is 22.9 Å². The third kappa shape index (κ3) is 4.73. The Hall–Kier alpha value is -3.08. The van der Waals surface area contributed by atoms with E-state index in [-0.39, 0.29) is 16.8 Å². The fourth-order valence-corrected chi connectivity index (χ4v) is 6.42. The summed E-state index contributed by atoms with van der Waals surface area (Å²) < 4.78 is 29.5. The second-order valence-corrected chi connectivity index (χ2v) is 11.3. The number of hydrogen-bond donors (Lipinski definition) is 1. The van der Waals surface area contributed by atoms with Gasteiger partial charge in [0.15, 0.2) is 5.13 Å². The van der Waals surface area contributed by atoms with E-state index in [0.717, 1.165) is 16.6 Å². The molecule has 0 aliphatic carbocycles. The molecule has 1 unspecified atom stereocenters. The van der Waals surface area contributed by atoms with Gasteiger partial charge in [0.25, 0.3) is 10.0 Å². The van der Waals surface area contributed by atoms with Crippen LogP contribution in [-0.2, 0) is 14.8 Å². The van der Waals surface area contributed by atoms with Gasteiger partial charge < -0.3 is 14.4 Å². The van der Waals surface area contributed by atoms with E-state index >= 15 is 0 Å². The number of anilines is 2. The van der Waals surface area contributed by atoms with Gasteiger partial charge in [-0.05, 0) is 43.3 Å². The highest BCUT2D eigenvalue weighted by Crippen LogP contribution is 2.28. The van der Waals surface area contributed by atoms with Crippen molar-refractivity contribution >= 4 is 60.6 Å². The zero-order valence-corrected chi connectivity index (χ0v) is 21.4. The third-order valence-electron chi connectivity index (χ3n) is 6.22. The van der Waals surface area contributed by atoms with Crippen LogP contribution in [0.3, 0.4) is 0 Å². The van der Waals surface area contributed by atoms with Crippen molar-refractivity contribution in [3.63, 3.8) is 0 Å². The average molecular weight is 530 g/mol. The van der Waals surface area contributed by atoms with Crippen molar-refractivity contribution in [3.8, 4) is 0 Å². The SMILES string of the molecule is CC(C(=O)N1CCN(c2ccc(S(=O)(=O)Nc3nccs3)cc2)CC1)n1ccc2cccc(Cl)c21. The van der Waals surface area contributed by atoms with Gasteiger partial charge in [0.05, 0.1) is 15.4 Å². The van der Waals surface area contributed by atoms with Gasteiger partial charge in [0.2, 0.25) is 5.91 Å². The third-order valence-corrected chi connectivity index (χ3v) is 8.70. The van der Waals surface area contributed by atoms with Crippen LogP contribution in [0.15, 0.2) is 71.2 Å². The Balaban J connectivity index is 1.22. The van der Waals surface area contributed by atoms with E-state index in [0.29, 0.717) is 36.3 Å². The summed E-state index contributed by atoms with van der Waals surface area (Å²) in [7, 11) is -3.69. The number of hydrogen-bond acceptors (Lipinski definition) is 6. The highest BCUT2D eigenvalue weighted by Gasteiger charge is 2.27. The quantitative estimate of drug-likeness (QED) is 0.398. The number of rotatable bonds is 6. The van der Waals surface area contributed by atoms with Crippen molar-refractivity contribution in [2.45, 2.75) is 17.9 Å². The molecule has 3 heterocycles. The van der Waals surface area contributed by atoms with Crippen LogP contribution in [0.25, 0.3) is 10.9 Å². The number of fused-ring (bicyclic) bond motifs is 1. The molecule has 182 valence electrons. The van der Waals surface area contributed by atoms with Crippen molar-refractivity contribution in [3.05, 3.63) is 71.3 Å². The Kier molecular flexibility index (Phi) is 6.43. The number of thiazole rings is 1. The number of nitrogens with zero attached hydrogens (tertiary/aromatic N) is 4. The van der Waals surface area contributed by atoms with E-state index in [4.69, 9.17) is 11.6 Å². The van der Waals surface area contributed by atoms with E-state index < -0.39 is 10.0 Å². The molecule has 0 saturated carbocycles. The molecule has 1 saturated heterocycles. The molecule has 1 fully saturated rings. The van der Waals surface area contributed by atoms with Gasteiger partial charge in [0, 0.05) is 55.0 Å². The zero-order chi connectivity index (χ0) is 24.6. The molecular weight excluding hydrogens is 506 g/mol. The number of carbonyl (C=O) groups is 1. The lowest BCUT2D eigenvalue weighted by Gasteiger charge is -2.37. The molecule has 5 rings (SSSR count). The molecule has 0 radical (unpaired) electrons. The van der Waals surface area contributed by atoms with Crippen molar-refractivity contribution in [1.29, 1.82) is 0 Å². The molecule has 2 aromatic heterocycles. The van der Waals surface area contributed by atoms with E-state index in [2.05, 4.69) is 14.6 Å². The molecule has 1 aliphatic heterocycles. The molecule has 2 aromatic carbocycles. The summed E-state index contributed by atoms with van der Waals surface area (Å²) in [5.74, 6) is 0.0526. The van der Waals surface area contributed by atoms with Crippen LogP contribution in [0.4, 0.5) is 10.8 Å². The Morgan fingerprint density at radius 3 is 2.51 bits per heavy atom. The average Bonchev–Trinajstić information content (AvgIpc) is 3.54. The number of para-hydroxylation sites is 1. The van der Waals surface area contributed by atoms with Crippen LogP contribution in [0.2, 0.25) is 5.02 Å². The molecule has 8 nitrogen and oxygen atoms in total. The molecular formula is C24H24ClN5O3S2. The second-order valence-electron chi connectivity index (χ2n) is 8.33. The van der Waals surface area contributed by atoms with Crippen LogP contribution in [0.5, 0.6) is 0 Å². The zero-order valence-electron chi connectivity index (χ0n) is 19.0. The number of carbonyl (C=O) groups excluding carboxylic acids is 1. The number of nitrogens with one attached hydrogen (secondary N) is 1.